The van der Waals surface area contributed by atoms with Gasteiger partial charge in [0.1, 0.15) is 6.04 Å². The first-order chi connectivity index (χ1) is 13.7. The molecule has 1 amide bonds. The van der Waals surface area contributed by atoms with Crippen LogP contribution in [0, 0.1) is 11.8 Å². The van der Waals surface area contributed by atoms with Crippen LogP contribution in [-0.4, -0.2) is 25.0 Å². The lowest BCUT2D eigenvalue weighted by Gasteiger charge is -2.16. The van der Waals surface area contributed by atoms with Crippen molar-refractivity contribution < 1.29 is 19.1 Å². The van der Waals surface area contributed by atoms with Gasteiger partial charge in [-0.15, -0.1) is 0 Å². The molecule has 6 nitrogen and oxygen atoms in total. The van der Waals surface area contributed by atoms with Gasteiger partial charge in [-0.2, -0.15) is 0 Å². The molecule has 0 radical (unpaired) electrons. The second-order valence-electron chi connectivity index (χ2n) is 7.87. The highest BCUT2D eigenvalue weighted by Crippen LogP contribution is 2.28. The summed E-state index contributed by atoms with van der Waals surface area (Å²) in [6.45, 7) is 8.41. The number of methoxy groups -OCH3 is 1. The van der Waals surface area contributed by atoms with Crippen LogP contribution in [0.1, 0.15) is 58.9 Å². The zero-order valence-corrected chi connectivity index (χ0v) is 18.4. The number of nitrogens with two attached hydrogens (primary N) is 1. The smallest absolute Gasteiger partial charge is 0.328 e. The molecule has 0 bridgehead atoms. The van der Waals surface area contributed by atoms with Crippen LogP contribution >= 0.6 is 0 Å². The van der Waals surface area contributed by atoms with Crippen molar-refractivity contribution in [1.29, 1.82) is 0 Å². The van der Waals surface area contributed by atoms with Gasteiger partial charge in [-0.05, 0) is 48.8 Å². The van der Waals surface area contributed by atoms with Gasteiger partial charge in [0.25, 0.3) is 0 Å². The highest BCUT2D eigenvalue weighted by Gasteiger charge is 2.21. The van der Waals surface area contributed by atoms with Crippen molar-refractivity contribution in [3.8, 4) is 11.5 Å². The molecular formula is C23H36N2O4. The van der Waals surface area contributed by atoms with Crippen LogP contribution in [-0.2, 0) is 16.1 Å². The van der Waals surface area contributed by atoms with Gasteiger partial charge in [0.05, 0.1) is 7.11 Å². The highest BCUT2D eigenvalue weighted by molar-refractivity contribution is 5.79. The van der Waals surface area contributed by atoms with Crippen LogP contribution in [0.4, 0.5) is 0 Å². The first-order valence-electron chi connectivity index (χ1n) is 10.3. The monoisotopic (exact) mass is 404 g/mol. The number of hydrogen-bond acceptors (Lipinski definition) is 5. The quantitative estimate of drug-likeness (QED) is 0.238. The van der Waals surface area contributed by atoms with Gasteiger partial charge in [0.15, 0.2) is 11.5 Å². The van der Waals surface area contributed by atoms with Crippen molar-refractivity contribution >= 4 is 11.9 Å². The number of esters is 1. The first kappa shape index (κ1) is 24.7. The second kappa shape index (κ2) is 13.0. The summed E-state index contributed by atoms with van der Waals surface area (Å²) in [5, 5.41) is 2.91. The predicted molar refractivity (Wildman–Crippen MR) is 116 cm³/mol. The van der Waals surface area contributed by atoms with Gasteiger partial charge in [0, 0.05) is 13.0 Å². The van der Waals surface area contributed by atoms with Gasteiger partial charge < -0.3 is 20.5 Å². The number of amides is 1. The van der Waals surface area contributed by atoms with Crippen molar-refractivity contribution in [2.75, 3.05) is 7.11 Å². The number of nitrogens with one attached hydrogen (secondary N) is 1. The third kappa shape index (κ3) is 9.61. The molecule has 162 valence electrons. The molecule has 0 saturated carbocycles. The molecule has 6 heteroatoms. The van der Waals surface area contributed by atoms with Crippen LogP contribution in [0.5, 0.6) is 11.5 Å². The van der Waals surface area contributed by atoms with E-state index in [0.717, 1.165) is 24.8 Å². The van der Waals surface area contributed by atoms with E-state index in [1.165, 1.54) is 7.11 Å². The van der Waals surface area contributed by atoms with E-state index in [9.17, 15) is 9.59 Å². The lowest BCUT2D eigenvalue weighted by atomic mass is 10.1. The van der Waals surface area contributed by atoms with E-state index < -0.39 is 12.0 Å². The van der Waals surface area contributed by atoms with Gasteiger partial charge in [-0.1, -0.05) is 45.9 Å². The summed E-state index contributed by atoms with van der Waals surface area (Å²) >= 11 is 0. The lowest BCUT2D eigenvalue weighted by molar-refractivity contribution is -0.137. The Hall–Kier alpha value is -2.34. The molecule has 0 aliphatic rings. The summed E-state index contributed by atoms with van der Waals surface area (Å²) in [7, 11) is 1.51. The maximum Gasteiger partial charge on any atom is 0.328 e. The molecular weight excluding hydrogens is 368 g/mol. The molecule has 3 N–H and O–H groups in total. The normalized spacial score (nSPS) is 12.4. The molecule has 0 heterocycles. The van der Waals surface area contributed by atoms with Crippen molar-refractivity contribution in [2.24, 2.45) is 17.6 Å². The number of rotatable bonds is 12. The number of ether oxygens (including phenoxy) is 2. The van der Waals surface area contributed by atoms with Crippen molar-refractivity contribution in [2.45, 2.75) is 66.0 Å². The van der Waals surface area contributed by atoms with Crippen LogP contribution in [0.25, 0.3) is 0 Å². The summed E-state index contributed by atoms with van der Waals surface area (Å²) in [5.41, 5.74) is 6.69. The third-order valence-corrected chi connectivity index (χ3v) is 4.46. The molecule has 1 aromatic carbocycles. The van der Waals surface area contributed by atoms with E-state index >= 15 is 0 Å². The van der Waals surface area contributed by atoms with E-state index in [1.54, 1.807) is 18.2 Å². The molecule has 1 aromatic rings. The van der Waals surface area contributed by atoms with Crippen LogP contribution in [0.2, 0.25) is 0 Å². The SMILES string of the molecule is COc1cc(CNC(=O)CCCCC=CC(C)C)ccc1OC(=O)C(N)C(C)C. The Morgan fingerprint density at radius 2 is 1.86 bits per heavy atom. The average molecular weight is 405 g/mol. The van der Waals surface area contributed by atoms with Crippen molar-refractivity contribution in [1.82, 2.24) is 5.32 Å². The Labute approximate surface area is 174 Å². The number of unbranched alkanes of at least 4 members (excludes halogenated alkanes) is 2. The van der Waals surface area contributed by atoms with E-state index in [2.05, 4.69) is 31.3 Å². The molecule has 29 heavy (non-hydrogen) atoms. The molecule has 1 atom stereocenters. The zero-order chi connectivity index (χ0) is 21.8. The van der Waals surface area contributed by atoms with E-state index in [0.29, 0.717) is 30.4 Å². The molecule has 0 aromatic heterocycles. The van der Waals surface area contributed by atoms with Gasteiger partial charge in [0.2, 0.25) is 5.91 Å². The van der Waals surface area contributed by atoms with E-state index in [1.807, 2.05) is 13.8 Å². The standard InChI is InChI=1S/C23H36N2O4/c1-16(2)10-8-6-7-9-11-21(26)25-15-18-12-13-19(20(14-18)28-5)29-23(27)22(24)17(3)4/h8,10,12-14,16-17,22H,6-7,9,11,15,24H2,1-5H3,(H,25,26). The summed E-state index contributed by atoms with van der Waals surface area (Å²) in [4.78, 5) is 24.1. The molecule has 0 aliphatic carbocycles. The van der Waals surface area contributed by atoms with Crippen LogP contribution in [0.15, 0.2) is 30.4 Å². The topological polar surface area (TPSA) is 90.6 Å². The fourth-order valence-electron chi connectivity index (χ4n) is 2.56. The number of allylic oxidation sites excluding steroid dienone is 2. The summed E-state index contributed by atoms with van der Waals surface area (Å²) < 4.78 is 10.7. The number of benzene rings is 1. The third-order valence-electron chi connectivity index (χ3n) is 4.46. The van der Waals surface area contributed by atoms with Crippen molar-refractivity contribution in [3.05, 3.63) is 35.9 Å². The maximum absolute atomic E-state index is 12.1. The fraction of sp³-hybridized carbons (Fsp3) is 0.565. The summed E-state index contributed by atoms with van der Waals surface area (Å²) in [6, 6.07) is 4.51. The first-order valence-corrected chi connectivity index (χ1v) is 10.3. The molecule has 0 spiro atoms. The van der Waals surface area contributed by atoms with Gasteiger partial charge in [-0.3, -0.25) is 4.79 Å². The Kier molecular flexibility index (Phi) is 11.1. The Morgan fingerprint density at radius 1 is 1.14 bits per heavy atom. The molecule has 0 aliphatic heterocycles. The van der Waals surface area contributed by atoms with Gasteiger partial charge in [-0.25, -0.2) is 4.79 Å². The van der Waals surface area contributed by atoms with Crippen LogP contribution < -0.4 is 20.5 Å². The Balaban J connectivity index is 2.49. The minimum atomic E-state index is -0.695. The number of carbonyl (C=O) groups is 2. The summed E-state index contributed by atoms with van der Waals surface area (Å²) in [6.07, 6.45) is 7.74. The van der Waals surface area contributed by atoms with E-state index in [4.69, 9.17) is 15.2 Å². The fourth-order valence-corrected chi connectivity index (χ4v) is 2.56. The Morgan fingerprint density at radius 3 is 2.48 bits per heavy atom. The summed E-state index contributed by atoms with van der Waals surface area (Å²) in [5.74, 6) is 0.820. The maximum atomic E-state index is 12.1. The predicted octanol–water partition coefficient (Wildman–Crippen LogP) is 3.97. The molecule has 1 unspecified atom stereocenters. The minimum absolute atomic E-state index is 0.0193. The number of hydrogen-bond donors (Lipinski definition) is 2. The second-order valence-corrected chi connectivity index (χ2v) is 7.87. The molecule has 0 saturated heterocycles. The zero-order valence-electron chi connectivity index (χ0n) is 18.4. The highest BCUT2D eigenvalue weighted by atomic mass is 16.6. The lowest BCUT2D eigenvalue weighted by Crippen LogP contribution is -2.38. The number of carbonyl (C=O) groups excluding carboxylic acids is 2. The van der Waals surface area contributed by atoms with Gasteiger partial charge >= 0.3 is 5.97 Å². The van der Waals surface area contributed by atoms with E-state index in [-0.39, 0.29) is 11.8 Å². The Bertz CT molecular complexity index is 683. The van der Waals surface area contributed by atoms with Crippen LogP contribution in [0.3, 0.4) is 0 Å². The minimum Gasteiger partial charge on any atom is -0.493 e. The molecule has 0 fully saturated rings. The average Bonchev–Trinajstić information content (AvgIpc) is 2.68. The van der Waals surface area contributed by atoms with Crippen molar-refractivity contribution in [3.63, 3.8) is 0 Å². The molecule has 1 rings (SSSR count). The largest absolute Gasteiger partial charge is 0.493 e.